The van der Waals surface area contributed by atoms with Crippen LogP contribution in [-0.4, -0.2) is 11.8 Å². The summed E-state index contributed by atoms with van der Waals surface area (Å²) in [5.74, 6) is 1.44. The van der Waals surface area contributed by atoms with Crippen LogP contribution < -0.4 is 5.32 Å². The highest BCUT2D eigenvalue weighted by molar-refractivity contribution is 6.17. The highest BCUT2D eigenvalue weighted by atomic mass is 35.5. The first-order valence-electron chi connectivity index (χ1n) is 5.12. The van der Waals surface area contributed by atoms with Crippen LogP contribution in [0.15, 0.2) is 22.8 Å². The summed E-state index contributed by atoms with van der Waals surface area (Å²) in [6, 6.07) is 3.60. The van der Waals surface area contributed by atoms with Crippen molar-refractivity contribution in [2.45, 2.75) is 32.2 Å². The number of carbonyl (C=O) groups is 1. The van der Waals surface area contributed by atoms with E-state index in [1.54, 1.807) is 6.26 Å². The molecule has 1 rings (SSSR count). The first-order valence-corrected chi connectivity index (χ1v) is 5.66. The Bertz CT molecular complexity index is 285. The van der Waals surface area contributed by atoms with Crippen LogP contribution in [0, 0.1) is 0 Å². The number of hydrogen-bond acceptors (Lipinski definition) is 2. The van der Waals surface area contributed by atoms with Gasteiger partial charge in [-0.05, 0) is 31.9 Å². The smallest absolute Gasteiger partial charge is 0.220 e. The Hall–Kier alpha value is -0.960. The van der Waals surface area contributed by atoms with E-state index in [4.69, 9.17) is 16.0 Å². The Balaban J connectivity index is 2.26. The fourth-order valence-corrected chi connectivity index (χ4v) is 1.49. The van der Waals surface area contributed by atoms with Crippen LogP contribution in [0.5, 0.6) is 0 Å². The maximum Gasteiger partial charge on any atom is 0.220 e. The van der Waals surface area contributed by atoms with Gasteiger partial charge >= 0.3 is 0 Å². The summed E-state index contributed by atoms with van der Waals surface area (Å²) < 4.78 is 5.19. The molecule has 4 heteroatoms. The number of hydrogen-bond donors (Lipinski definition) is 1. The van der Waals surface area contributed by atoms with E-state index >= 15 is 0 Å². The van der Waals surface area contributed by atoms with E-state index in [2.05, 4.69) is 5.32 Å². The minimum absolute atomic E-state index is 0.0454. The molecule has 3 nitrogen and oxygen atoms in total. The Morgan fingerprint density at radius 1 is 1.60 bits per heavy atom. The van der Waals surface area contributed by atoms with Gasteiger partial charge in [0.1, 0.15) is 5.76 Å². The quantitative estimate of drug-likeness (QED) is 0.602. The molecule has 0 fully saturated rings. The zero-order valence-electron chi connectivity index (χ0n) is 8.83. The third-order valence-electron chi connectivity index (χ3n) is 2.13. The first kappa shape index (κ1) is 12.1. The molecule has 1 amide bonds. The number of nitrogens with one attached hydrogen (secondary N) is 1. The van der Waals surface area contributed by atoms with Crippen LogP contribution in [-0.2, 0) is 4.79 Å². The fourth-order valence-electron chi connectivity index (χ4n) is 1.30. The number of amides is 1. The van der Waals surface area contributed by atoms with Gasteiger partial charge in [-0.15, -0.1) is 11.6 Å². The summed E-state index contributed by atoms with van der Waals surface area (Å²) in [5, 5.41) is 2.87. The largest absolute Gasteiger partial charge is 0.467 e. The average Bonchev–Trinajstić information content (AvgIpc) is 2.70. The van der Waals surface area contributed by atoms with Gasteiger partial charge in [0.2, 0.25) is 5.91 Å². The fraction of sp³-hybridized carbons (Fsp3) is 0.545. The summed E-state index contributed by atoms with van der Waals surface area (Å²) in [4.78, 5) is 11.4. The van der Waals surface area contributed by atoms with Crippen molar-refractivity contribution in [1.29, 1.82) is 0 Å². The SMILES string of the molecule is CC(NC(=O)CCCCCl)c1ccco1. The topological polar surface area (TPSA) is 42.2 Å². The van der Waals surface area contributed by atoms with Gasteiger partial charge in [-0.1, -0.05) is 0 Å². The lowest BCUT2D eigenvalue weighted by Crippen LogP contribution is -2.25. The van der Waals surface area contributed by atoms with Crippen LogP contribution in [0.25, 0.3) is 0 Å². The summed E-state index contributed by atoms with van der Waals surface area (Å²) in [6.07, 6.45) is 3.84. The average molecular weight is 230 g/mol. The Kier molecular flexibility index (Phi) is 5.26. The molecule has 1 aromatic heterocycles. The van der Waals surface area contributed by atoms with Gasteiger partial charge in [0.15, 0.2) is 0 Å². The normalized spacial score (nSPS) is 12.4. The molecule has 0 aliphatic heterocycles. The van der Waals surface area contributed by atoms with E-state index in [0.29, 0.717) is 12.3 Å². The van der Waals surface area contributed by atoms with Crippen molar-refractivity contribution in [2.24, 2.45) is 0 Å². The van der Waals surface area contributed by atoms with Crippen molar-refractivity contribution in [1.82, 2.24) is 5.32 Å². The number of alkyl halides is 1. The lowest BCUT2D eigenvalue weighted by Gasteiger charge is -2.10. The third kappa shape index (κ3) is 4.38. The number of halogens is 1. The van der Waals surface area contributed by atoms with Gasteiger partial charge in [-0.25, -0.2) is 0 Å². The summed E-state index contributed by atoms with van der Waals surface area (Å²) in [7, 11) is 0. The molecule has 84 valence electrons. The molecule has 0 aromatic carbocycles. The van der Waals surface area contributed by atoms with Crippen LogP contribution in [0.2, 0.25) is 0 Å². The van der Waals surface area contributed by atoms with Crippen molar-refractivity contribution >= 4 is 17.5 Å². The van der Waals surface area contributed by atoms with Crippen molar-refractivity contribution in [3.63, 3.8) is 0 Å². The van der Waals surface area contributed by atoms with Crippen LogP contribution >= 0.6 is 11.6 Å². The first-order chi connectivity index (χ1) is 7.24. The molecule has 1 atom stereocenters. The van der Waals surface area contributed by atoms with E-state index in [1.807, 2.05) is 19.1 Å². The molecule has 0 aliphatic rings. The molecule has 1 N–H and O–H groups in total. The van der Waals surface area contributed by atoms with E-state index in [1.165, 1.54) is 0 Å². The van der Waals surface area contributed by atoms with Gasteiger partial charge in [0, 0.05) is 12.3 Å². The highest BCUT2D eigenvalue weighted by Gasteiger charge is 2.10. The molecule has 0 saturated heterocycles. The second-order valence-electron chi connectivity index (χ2n) is 3.45. The number of furan rings is 1. The van der Waals surface area contributed by atoms with Crippen LogP contribution in [0.4, 0.5) is 0 Å². The van der Waals surface area contributed by atoms with Gasteiger partial charge < -0.3 is 9.73 Å². The molecule has 0 saturated carbocycles. The van der Waals surface area contributed by atoms with E-state index in [0.717, 1.165) is 18.6 Å². The lowest BCUT2D eigenvalue weighted by molar-refractivity contribution is -0.121. The predicted molar refractivity (Wildman–Crippen MR) is 59.8 cm³/mol. The Morgan fingerprint density at radius 2 is 2.40 bits per heavy atom. The number of rotatable bonds is 6. The van der Waals surface area contributed by atoms with Gasteiger partial charge in [-0.3, -0.25) is 4.79 Å². The van der Waals surface area contributed by atoms with E-state index in [-0.39, 0.29) is 11.9 Å². The summed E-state index contributed by atoms with van der Waals surface area (Å²) in [6.45, 7) is 1.90. The molecule has 1 aromatic rings. The van der Waals surface area contributed by atoms with E-state index in [9.17, 15) is 4.79 Å². The Morgan fingerprint density at radius 3 is 3.00 bits per heavy atom. The Labute approximate surface area is 94.8 Å². The van der Waals surface area contributed by atoms with Crippen molar-refractivity contribution in [2.75, 3.05) is 5.88 Å². The third-order valence-corrected chi connectivity index (χ3v) is 2.40. The van der Waals surface area contributed by atoms with Crippen LogP contribution in [0.1, 0.15) is 38.0 Å². The van der Waals surface area contributed by atoms with Gasteiger partial charge in [0.25, 0.3) is 0 Å². The maximum atomic E-state index is 11.4. The monoisotopic (exact) mass is 229 g/mol. The molecule has 15 heavy (non-hydrogen) atoms. The van der Waals surface area contributed by atoms with E-state index < -0.39 is 0 Å². The minimum Gasteiger partial charge on any atom is -0.467 e. The minimum atomic E-state index is -0.0662. The molecule has 0 bridgehead atoms. The van der Waals surface area contributed by atoms with Crippen molar-refractivity contribution < 1.29 is 9.21 Å². The highest BCUT2D eigenvalue weighted by Crippen LogP contribution is 2.12. The standard InChI is InChI=1S/C11H16ClNO2/c1-9(10-5-4-8-15-10)13-11(14)6-2-3-7-12/h4-5,8-9H,2-3,6-7H2,1H3,(H,13,14). The maximum absolute atomic E-state index is 11.4. The lowest BCUT2D eigenvalue weighted by atomic mass is 10.2. The second kappa shape index (κ2) is 6.51. The molecule has 1 unspecified atom stereocenters. The zero-order valence-corrected chi connectivity index (χ0v) is 9.59. The van der Waals surface area contributed by atoms with Crippen LogP contribution in [0.3, 0.4) is 0 Å². The molecule has 0 radical (unpaired) electrons. The van der Waals surface area contributed by atoms with Crippen molar-refractivity contribution in [3.05, 3.63) is 24.2 Å². The van der Waals surface area contributed by atoms with Gasteiger partial charge in [0.05, 0.1) is 12.3 Å². The zero-order chi connectivity index (χ0) is 11.1. The number of unbranched alkanes of at least 4 members (excludes halogenated alkanes) is 1. The molecule has 1 heterocycles. The number of carbonyl (C=O) groups excluding carboxylic acids is 1. The summed E-state index contributed by atoms with van der Waals surface area (Å²) >= 11 is 5.53. The second-order valence-corrected chi connectivity index (χ2v) is 3.83. The molecular formula is C11H16ClNO2. The summed E-state index contributed by atoms with van der Waals surface area (Å²) in [5.41, 5.74) is 0. The van der Waals surface area contributed by atoms with Crippen molar-refractivity contribution in [3.8, 4) is 0 Å². The molecule has 0 aliphatic carbocycles. The van der Waals surface area contributed by atoms with Gasteiger partial charge in [-0.2, -0.15) is 0 Å². The predicted octanol–water partition coefficient (Wildman–Crippen LogP) is 2.87. The molecular weight excluding hydrogens is 214 g/mol. The molecule has 0 spiro atoms.